The fourth-order valence-electron chi connectivity index (χ4n) is 2.35. The summed E-state index contributed by atoms with van der Waals surface area (Å²) in [6.07, 6.45) is 3.27. The maximum absolute atomic E-state index is 12.5. The van der Waals surface area contributed by atoms with Crippen LogP contribution in [-0.4, -0.2) is 32.5 Å². The number of carbonyl (C=O) groups is 2. The molecule has 3 rings (SSSR count). The van der Waals surface area contributed by atoms with Crippen molar-refractivity contribution in [3.8, 4) is 5.75 Å². The Hall–Kier alpha value is -3.35. The lowest BCUT2D eigenvalue weighted by molar-refractivity contribution is 0.0696. The lowest BCUT2D eigenvalue weighted by Gasteiger charge is -2.15. The van der Waals surface area contributed by atoms with Crippen LogP contribution in [0.5, 0.6) is 5.75 Å². The zero-order valence-electron chi connectivity index (χ0n) is 13.8. The third kappa shape index (κ3) is 3.60. The van der Waals surface area contributed by atoms with E-state index in [4.69, 9.17) is 9.84 Å². The fourth-order valence-corrected chi connectivity index (χ4v) is 2.35. The number of imidazole rings is 1. The number of hydrogen-bond donors (Lipinski definition) is 2. The summed E-state index contributed by atoms with van der Waals surface area (Å²) in [5.74, 6) is -1.13. The Bertz CT molecular complexity index is 913. The average Bonchev–Trinajstić information content (AvgIpc) is 3.00. The van der Waals surface area contributed by atoms with Crippen molar-refractivity contribution >= 4 is 23.2 Å². The molecular weight excluding hydrogens is 322 g/mol. The third-order valence-corrected chi connectivity index (χ3v) is 3.43. The van der Waals surface area contributed by atoms with E-state index in [2.05, 4.69) is 10.3 Å². The zero-order chi connectivity index (χ0) is 18.0. The maximum Gasteiger partial charge on any atom is 0.335 e. The van der Waals surface area contributed by atoms with E-state index in [1.54, 1.807) is 22.9 Å². The summed E-state index contributed by atoms with van der Waals surface area (Å²) in [4.78, 5) is 28.0. The Balaban J connectivity index is 1.92. The van der Waals surface area contributed by atoms with Gasteiger partial charge in [-0.05, 0) is 44.2 Å². The van der Waals surface area contributed by atoms with Crippen LogP contribution >= 0.6 is 0 Å². The van der Waals surface area contributed by atoms with Gasteiger partial charge in [0.15, 0.2) is 0 Å². The number of carbonyl (C=O) groups excluding carboxylic acids is 1. The Morgan fingerprint density at radius 3 is 2.72 bits per heavy atom. The first kappa shape index (κ1) is 16.5. The van der Waals surface area contributed by atoms with E-state index in [0.29, 0.717) is 11.4 Å². The second-order valence-corrected chi connectivity index (χ2v) is 5.73. The van der Waals surface area contributed by atoms with Gasteiger partial charge < -0.3 is 19.6 Å². The molecule has 2 aromatic heterocycles. The quantitative estimate of drug-likeness (QED) is 0.745. The molecule has 0 aliphatic carbocycles. The van der Waals surface area contributed by atoms with Crippen molar-refractivity contribution in [2.45, 2.75) is 20.0 Å². The number of fused-ring (bicyclic) bond motifs is 1. The second-order valence-electron chi connectivity index (χ2n) is 5.73. The number of pyridine rings is 1. The van der Waals surface area contributed by atoms with E-state index in [1.807, 2.05) is 26.0 Å². The molecule has 2 N–H and O–H groups in total. The van der Waals surface area contributed by atoms with Crippen LogP contribution in [0.4, 0.5) is 5.69 Å². The van der Waals surface area contributed by atoms with Crippen LogP contribution in [0, 0.1) is 0 Å². The van der Waals surface area contributed by atoms with E-state index in [9.17, 15) is 9.59 Å². The van der Waals surface area contributed by atoms with Gasteiger partial charge in [0.25, 0.3) is 5.91 Å². The molecule has 0 aliphatic rings. The molecule has 0 bridgehead atoms. The third-order valence-electron chi connectivity index (χ3n) is 3.43. The zero-order valence-corrected chi connectivity index (χ0v) is 13.8. The smallest absolute Gasteiger partial charge is 0.335 e. The van der Waals surface area contributed by atoms with Crippen molar-refractivity contribution in [1.82, 2.24) is 9.38 Å². The minimum atomic E-state index is -1.08. The molecule has 0 unspecified atom stereocenters. The Kier molecular flexibility index (Phi) is 4.38. The van der Waals surface area contributed by atoms with Gasteiger partial charge in [0.1, 0.15) is 17.1 Å². The molecule has 0 saturated heterocycles. The first-order chi connectivity index (χ1) is 11.9. The highest BCUT2D eigenvalue weighted by molar-refractivity contribution is 6.04. The first-order valence-corrected chi connectivity index (χ1v) is 7.73. The van der Waals surface area contributed by atoms with Gasteiger partial charge in [-0.3, -0.25) is 4.79 Å². The van der Waals surface area contributed by atoms with Gasteiger partial charge >= 0.3 is 5.97 Å². The molecule has 1 amide bonds. The fraction of sp³-hybridized carbons (Fsp3) is 0.167. The van der Waals surface area contributed by atoms with Crippen LogP contribution in [0.25, 0.3) is 5.65 Å². The van der Waals surface area contributed by atoms with Crippen molar-refractivity contribution < 1.29 is 19.4 Å². The molecule has 0 aliphatic heterocycles. The van der Waals surface area contributed by atoms with Crippen molar-refractivity contribution in [2.75, 3.05) is 5.32 Å². The number of anilines is 1. The molecule has 7 heteroatoms. The Labute approximate surface area is 143 Å². The number of ether oxygens (including phenoxy) is 1. The molecule has 0 atom stereocenters. The monoisotopic (exact) mass is 339 g/mol. The molecule has 0 fully saturated rings. The highest BCUT2D eigenvalue weighted by atomic mass is 16.5. The number of hydrogen-bond acceptors (Lipinski definition) is 4. The van der Waals surface area contributed by atoms with Crippen molar-refractivity contribution in [3.05, 3.63) is 60.0 Å². The minimum Gasteiger partial charge on any atom is -0.489 e. The normalized spacial score (nSPS) is 10.8. The van der Waals surface area contributed by atoms with Gasteiger partial charge in [0.2, 0.25) is 0 Å². The summed E-state index contributed by atoms with van der Waals surface area (Å²) >= 11 is 0. The molecule has 1 aromatic carbocycles. The van der Waals surface area contributed by atoms with Gasteiger partial charge in [-0.15, -0.1) is 0 Å². The number of carboxylic acid groups (broad SMARTS) is 1. The number of nitrogens with one attached hydrogen (secondary N) is 1. The lowest BCUT2D eigenvalue weighted by Crippen LogP contribution is -2.15. The largest absolute Gasteiger partial charge is 0.489 e. The predicted molar refractivity (Wildman–Crippen MR) is 92.3 cm³/mol. The van der Waals surface area contributed by atoms with E-state index in [0.717, 1.165) is 0 Å². The molecular formula is C18H17N3O4. The minimum absolute atomic E-state index is 0.0569. The number of amides is 1. The summed E-state index contributed by atoms with van der Waals surface area (Å²) in [6, 6.07) is 9.78. The summed E-state index contributed by atoms with van der Waals surface area (Å²) in [5, 5.41) is 11.8. The summed E-state index contributed by atoms with van der Waals surface area (Å²) in [5.41, 5.74) is 1.21. The number of aromatic nitrogens is 2. The number of rotatable bonds is 5. The average molecular weight is 339 g/mol. The number of benzene rings is 1. The molecule has 0 saturated carbocycles. The lowest BCUT2D eigenvalue weighted by atomic mass is 10.2. The Morgan fingerprint density at radius 2 is 2.04 bits per heavy atom. The van der Waals surface area contributed by atoms with E-state index in [1.165, 1.54) is 18.2 Å². The summed E-state index contributed by atoms with van der Waals surface area (Å²) in [7, 11) is 0. The van der Waals surface area contributed by atoms with Crippen LogP contribution in [0.15, 0.2) is 48.8 Å². The molecule has 3 aromatic rings. The number of nitrogens with zero attached hydrogens (tertiary/aromatic N) is 2. The SMILES string of the molecule is CC(C)Oc1ccc(C(=O)O)cc1NC(=O)c1cn2ccccc2n1. The van der Waals surface area contributed by atoms with Gasteiger partial charge in [-0.2, -0.15) is 0 Å². The predicted octanol–water partition coefficient (Wildman–Crippen LogP) is 3.07. The molecule has 7 nitrogen and oxygen atoms in total. The highest BCUT2D eigenvalue weighted by Crippen LogP contribution is 2.27. The van der Waals surface area contributed by atoms with Crippen LogP contribution in [0.1, 0.15) is 34.7 Å². The van der Waals surface area contributed by atoms with Crippen molar-refractivity contribution in [1.29, 1.82) is 0 Å². The number of aromatic carboxylic acids is 1. The topological polar surface area (TPSA) is 92.9 Å². The molecule has 2 heterocycles. The maximum atomic E-state index is 12.5. The van der Waals surface area contributed by atoms with Crippen molar-refractivity contribution in [3.63, 3.8) is 0 Å². The van der Waals surface area contributed by atoms with Gasteiger partial charge in [0, 0.05) is 12.4 Å². The van der Waals surface area contributed by atoms with Crippen molar-refractivity contribution in [2.24, 2.45) is 0 Å². The Morgan fingerprint density at radius 1 is 1.24 bits per heavy atom. The molecule has 0 radical (unpaired) electrons. The van der Waals surface area contributed by atoms with Gasteiger partial charge in [-0.25, -0.2) is 9.78 Å². The summed E-state index contributed by atoms with van der Waals surface area (Å²) in [6.45, 7) is 3.69. The standard InChI is InChI=1S/C18H17N3O4/c1-11(2)25-15-7-6-12(18(23)24)9-13(15)20-17(22)14-10-21-8-4-3-5-16(21)19-14/h3-11H,1-2H3,(H,20,22)(H,23,24). The van der Waals surface area contributed by atoms with E-state index < -0.39 is 11.9 Å². The second kappa shape index (κ2) is 6.64. The van der Waals surface area contributed by atoms with E-state index in [-0.39, 0.29) is 23.0 Å². The van der Waals surface area contributed by atoms with E-state index >= 15 is 0 Å². The molecule has 25 heavy (non-hydrogen) atoms. The van der Waals surface area contributed by atoms with Crippen LogP contribution in [0.2, 0.25) is 0 Å². The van der Waals surface area contributed by atoms with Crippen LogP contribution in [-0.2, 0) is 0 Å². The molecule has 0 spiro atoms. The molecule has 128 valence electrons. The highest BCUT2D eigenvalue weighted by Gasteiger charge is 2.16. The van der Waals surface area contributed by atoms with Crippen LogP contribution < -0.4 is 10.1 Å². The first-order valence-electron chi connectivity index (χ1n) is 7.73. The van der Waals surface area contributed by atoms with Crippen LogP contribution in [0.3, 0.4) is 0 Å². The van der Waals surface area contributed by atoms with Gasteiger partial charge in [0.05, 0.1) is 17.4 Å². The summed E-state index contributed by atoms with van der Waals surface area (Å²) < 4.78 is 7.37. The number of carboxylic acids is 1. The van der Waals surface area contributed by atoms with Gasteiger partial charge in [-0.1, -0.05) is 6.07 Å².